The molecular formula is C16H12N2OS. The Labute approximate surface area is 120 Å². The van der Waals surface area contributed by atoms with Gasteiger partial charge < -0.3 is 5.73 Å². The van der Waals surface area contributed by atoms with E-state index in [-0.39, 0.29) is 5.78 Å². The van der Waals surface area contributed by atoms with Crippen molar-refractivity contribution in [2.75, 3.05) is 5.73 Å². The lowest BCUT2D eigenvalue weighted by Gasteiger charge is -2.02. The van der Waals surface area contributed by atoms with Gasteiger partial charge >= 0.3 is 0 Å². The van der Waals surface area contributed by atoms with Gasteiger partial charge in [0.25, 0.3) is 0 Å². The molecule has 0 saturated carbocycles. The van der Waals surface area contributed by atoms with E-state index in [2.05, 4.69) is 4.98 Å². The van der Waals surface area contributed by atoms with Crippen molar-refractivity contribution in [3.05, 3.63) is 71.1 Å². The first kappa shape index (κ1) is 12.6. The van der Waals surface area contributed by atoms with Gasteiger partial charge in [-0.15, -0.1) is 0 Å². The van der Waals surface area contributed by atoms with Gasteiger partial charge in [0.1, 0.15) is 4.88 Å². The molecule has 0 radical (unpaired) electrons. The predicted molar refractivity (Wildman–Crippen MR) is 81.8 cm³/mol. The van der Waals surface area contributed by atoms with Crippen LogP contribution in [-0.2, 0) is 0 Å². The van der Waals surface area contributed by atoms with Crippen LogP contribution in [0, 0.1) is 0 Å². The van der Waals surface area contributed by atoms with Crippen molar-refractivity contribution in [3.8, 4) is 11.3 Å². The maximum absolute atomic E-state index is 12.6. The van der Waals surface area contributed by atoms with Crippen molar-refractivity contribution >= 4 is 22.3 Å². The van der Waals surface area contributed by atoms with Gasteiger partial charge in [0.05, 0.1) is 5.69 Å². The second kappa shape index (κ2) is 5.27. The average Bonchev–Trinajstić information content (AvgIpc) is 2.90. The SMILES string of the molecule is Nc1nc(-c2ccccc2)c(C(=O)c2ccccc2)s1. The molecule has 3 aromatic rings. The number of carbonyl (C=O) groups excluding carboxylic acids is 1. The molecule has 0 unspecified atom stereocenters. The molecule has 0 aliphatic heterocycles. The van der Waals surface area contributed by atoms with Crippen molar-refractivity contribution in [1.29, 1.82) is 0 Å². The lowest BCUT2D eigenvalue weighted by Crippen LogP contribution is -2.00. The minimum absolute atomic E-state index is 0.0429. The summed E-state index contributed by atoms with van der Waals surface area (Å²) in [6.45, 7) is 0. The Morgan fingerprint density at radius 3 is 2.20 bits per heavy atom. The molecule has 0 saturated heterocycles. The number of benzene rings is 2. The van der Waals surface area contributed by atoms with E-state index in [1.165, 1.54) is 11.3 Å². The summed E-state index contributed by atoms with van der Waals surface area (Å²) in [7, 11) is 0. The molecule has 20 heavy (non-hydrogen) atoms. The van der Waals surface area contributed by atoms with Gasteiger partial charge in [-0.3, -0.25) is 4.79 Å². The largest absolute Gasteiger partial charge is 0.375 e. The Morgan fingerprint density at radius 2 is 1.55 bits per heavy atom. The van der Waals surface area contributed by atoms with Gasteiger partial charge in [0.2, 0.25) is 5.78 Å². The molecule has 0 aliphatic rings. The smallest absolute Gasteiger partial charge is 0.205 e. The minimum Gasteiger partial charge on any atom is -0.375 e. The fraction of sp³-hybridized carbons (Fsp3) is 0. The molecule has 1 aromatic heterocycles. The molecule has 0 fully saturated rings. The van der Waals surface area contributed by atoms with Crippen LogP contribution >= 0.6 is 11.3 Å². The summed E-state index contributed by atoms with van der Waals surface area (Å²) >= 11 is 1.23. The number of nitrogens with two attached hydrogens (primary N) is 1. The zero-order valence-corrected chi connectivity index (χ0v) is 11.4. The Kier molecular flexibility index (Phi) is 3.31. The molecule has 2 aromatic carbocycles. The van der Waals surface area contributed by atoms with Crippen molar-refractivity contribution < 1.29 is 4.79 Å². The first-order chi connectivity index (χ1) is 9.75. The quantitative estimate of drug-likeness (QED) is 0.745. The third-order valence-electron chi connectivity index (χ3n) is 2.93. The zero-order chi connectivity index (χ0) is 13.9. The van der Waals surface area contributed by atoms with E-state index in [0.29, 0.717) is 21.3 Å². The van der Waals surface area contributed by atoms with Crippen LogP contribution in [0.2, 0.25) is 0 Å². The van der Waals surface area contributed by atoms with Gasteiger partial charge in [-0.25, -0.2) is 4.98 Å². The van der Waals surface area contributed by atoms with Crippen LogP contribution in [0.3, 0.4) is 0 Å². The van der Waals surface area contributed by atoms with Crippen molar-refractivity contribution in [2.45, 2.75) is 0 Å². The number of hydrogen-bond donors (Lipinski definition) is 1. The summed E-state index contributed by atoms with van der Waals surface area (Å²) in [6.07, 6.45) is 0. The molecule has 3 nitrogen and oxygen atoms in total. The van der Waals surface area contributed by atoms with Crippen LogP contribution in [0.25, 0.3) is 11.3 Å². The maximum Gasteiger partial charge on any atom is 0.205 e. The number of nitrogens with zero attached hydrogens (tertiary/aromatic N) is 1. The van der Waals surface area contributed by atoms with Gasteiger partial charge in [-0.05, 0) is 0 Å². The number of carbonyl (C=O) groups is 1. The summed E-state index contributed by atoms with van der Waals surface area (Å²) < 4.78 is 0. The Bertz CT molecular complexity index is 736. The van der Waals surface area contributed by atoms with Crippen LogP contribution in [0.1, 0.15) is 15.2 Å². The molecule has 3 rings (SSSR count). The summed E-state index contributed by atoms with van der Waals surface area (Å²) in [6, 6.07) is 18.8. The van der Waals surface area contributed by atoms with Crippen LogP contribution in [0.15, 0.2) is 60.7 Å². The number of ketones is 1. The molecule has 0 amide bonds. The zero-order valence-electron chi connectivity index (χ0n) is 10.6. The third-order valence-corrected chi connectivity index (χ3v) is 3.82. The molecule has 0 spiro atoms. The van der Waals surface area contributed by atoms with E-state index in [4.69, 9.17) is 5.73 Å². The molecule has 4 heteroatoms. The molecule has 0 bridgehead atoms. The monoisotopic (exact) mass is 280 g/mol. The van der Waals surface area contributed by atoms with E-state index in [9.17, 15) is 4.79 Å². The van der Waals surface area contributed by atoms with Gasteiger partial charge in [0.15, 0.2) is 5.13 Å². The van der Waals surface area contributed by atoms with E-state index in [1.54, 1.807) is 12.1 Å². The second-order valence-corrected chi connectivity index (χ2v) is 5.32. The average molecular weight is 280 g/mol. The fourth-order valence-electron chi connectivity index (χ4n) is 2.00. The van der Waals surface area contributed by atoms with Crippen molar-refractivity contribution in [2.24, 2.45) is 0 Å². The van der Waals surface area contributed by atoms with Crippen LogP contribution in [0.4, 0.5) is 5.13 Å². The first-order valence-corrected chi connectivity index (χ1v) is 6.99. The van der Waals surface area contributed by atoms with E-state index in [0.717, 1.165) is 5.56 Å². The van der Waals surface area contributed by atoms with Gasteiger partial charge in [0, 0.05) is 11.1 Å². The predicted octanol–water partition coefficient (Wildman–Crippen LogP) is 3.62. The number of aromatic nitrogens is 1. The van der Waals surface area contributed by atoms with E-state index in [1.807, 2.05) is 48.5 Å². The highest BCUT2D eigenvalue weighted by molar-refractivity contribution is 7.18. The first-order valence-electron chi connectivity index (χ1n) is 6.17. The summed E-state index contributed by atoms with van der Waals surface area (Å²) in [4.78, 5) is 17.5. The lowest BCUT2D eigenvalue weighted by atomic mass is 10.1. The second-order valence-electron chi connectivity index (χ2n) is 4.29. The van der Waals surface area contributed by atoms with Crippen LogP contribution in [0.5, 0.6) is 0 Å². The molecule has 1 heterocycles. The normalized spacial score (nSPS) is 10.4. The van der Waals surface area contributed by atoms with Crippen molar-refractivity contribution in [3.63, 3.8) is 0 Å². The Morgan fingerprint density at radius 1 is 0.950 bits per heavy atom. The highest BCUT2D eigenvalue weighted by Crippen LogP contribution is 2.31. The Hall–Kier alpha value is -2.46. The van der Waals surface area contributed by atoms with Gasteiger partial charge in [-0.1, -0.05) is 72.0 Å². The van der Waals surface area contributed by atoms with Crippen molar-refractivity contribution in [1.82, 2.24) is 4.98 Å². The number of rotatable bonds is 3. The Balaban J connectivity index is 2.09. The van der Waals surface area contributed by atoms with Crippen LogP contribution < -0.4 is 5.73 Å². The summed E-state index contributed by atoms with van der Waals surface area (Å²) in [5.74, 6) is -0.0429. The fourth-order valence-corrected chi connectivity index (χ4v) is 2.82. The van der Waals surface area contributed by atoms with Gasteiger partial charge in [-0.2, -0.15) is 0 Å². The number of hydrogen-bond acceptors (Lipinski definition) is 4. The maximum atomic E-state index is 12.6. The molecule has 98 valence electrons. The van der Waals surface area contributed by atoms with Crippen LogP contribution in [-0.4, -0.2) is 10.8 Å². The summed E-state index contributed by atoms with van der Waals surface area (Å²) in [5, 5.41) is 0.406. The summed E-state index contributed by atoms with van der Waals surface area (Å²) in [5.41, 5.74) is 7.99. The standard InChI is InChI=1S/C16H12N2OS/c17-16-18-13(11-7-3-1-4-8-11)15(20-16)14(19)12-9-5-2-6-10-12/h1-10H,(H2,17,18). The number of nitrogen functional groups attached to an aromatic ring is 1. The van der Waals surface area contributed by atoms with E-state index >= 15 is 0 Å². The molecule has 0 atom stereocenters. The lowest BCUT2D eigenvalue weighted by molar-refractivity contribution is 0.104. The highest BCUT2D eigenvalue weighted by atomic mass is 32.1. The third kappa shape index (κ3) is 2.33. The molecular weight excluding hydrogens is 268 g/mol. The topological polar surface area (TPSA) is 56.0 Å². The minimum atomic E-state index is -0.0429. The highest BCUT2D eigenvalue weighted by Gasteiger charge is 2.19. The number of anilines is 1. The molecule has 0 aliphatic carbocycles. The number of thiazole rings is 1. The van der Waals surface area contributed by atoms with E-state index < -0.39 is 0 Å². The molecule has 2 N–H and O–H groups in total.